The summed E-state index contributed by atoms with van der Waals surface area (Å²) < 4.78 is 1.75. The van der Waals surface area contributed by atoms with Crippen LogP contribution >= 0.6 is 0 Å². The van der Waals surface area contributed by atoms with E-state index < -0.39 is 5.60 Å². The average molecular weight is 241 g/mol. The fourth-order valence-electron chi connectivity index (χ4n) is 2.04. The molecule has 0 saturated heterocycles. The standard InChI is InChI=1S/C14H15N3O/c1-3-17-13(7-8-16-17)14(2,18)12-6-4-5-11(9-12)10-15/h4-9,18H,3H2,1-2H3. The Kier molecular flexibility index (Phi) is 3.17. The average Bonchev–Trinajstić information content (AvgIpc) is 2.88. The summed E-state index contributed by atoms with van der Waals surface area (Å²) in [6.45, 7) is 4.38. The van der Waals surface area contributed by atoms with Crippen LogP contribution in [0, 0.1) is 11.3 Å². The van der Waals surface area contributed by atoms with Crippen molar-refractivity contribution >= 4 is 0 Å². The fourth-order valence-corrected chi connectivity index (χ4v) is 2.04. The lowest BCUT2D eigenvalue weighted by atomic mass is 9.91. The molecule has 92 valence electrons. The summed E-state index contributed by atoms with van der Waals surface area (Å²) in [7, 11) is 0. The largest absolute Gasteiger partial charge is 0.379 e. The molecular weight excluding hydrogens is 226 g/mol. The minimum atomic E-state index is -1.15. The molecule has 1 atom stereocenters. The first-order valence-electron chi connectivity index (χ1n) is 5.85. The van der Waals surface area contributed by atoms with E-state index in [4.69, 9.17) is 5.26 Å². The van der Waals surface area contributed by atoms with Gasteiger partial charge in [-0.1, -0.05) is 12.1 Å². The van der Waals surface area contributed by atoms with Gasteiger partial charge in [-0.3, -0.25) is 4.68 Å². The van der Waals surface area contributed by atoms with Crippen LogP contribution in [0.15, 0.2) is 36.5 Å². The van der Waals surface area contributed by atoms with Gasteiger partial charge >= 0.3 is 0 Å². The zero-order valence-electron chi connectivity index (χ0n) is 10.5. The maximum Gasteiger partial charge on any atom is 0.128 e. The second-order valence-corrected chi connectivity index (χ2v) is 4.30. The van der Waals surface area contributed by atoms with Gasteiger partial charge < -0.3 is 5.11 Å². The van der Waals surface area contributed by atoms with Crippen LogP contribution in [0.1, 0.15) is 30.7 Å². The summed E-state index contributed by atoms with van der Waals surface area (Å²) in [5.74, 6) is 0. The maximum atomic E-state index is 10.7. The Balaban J connectivity index is 2.51. The molecule has 0 aliphatic carbocycles. The minimum absolute atomic E-state index is 0.537. The van der Waals surface area contributed by atoms with Crippen molar-refractivity contribution in [2.75, 3.05) is 0 Å². The van der Waals surface area contributed by atoms with Crippen molar-refractivity contribution in [3.8, 4) is 6.07 Å². The first-order chi connectivity index (χ1) is 8.59. The number of aryl methyl sites for hydroxylation is 1. The van der Waals surface area contributed by atoms with Gasteiger partial charge in [0.2, 0.25) is 0 Å². The number of hydrogen-bond donors (Lipinski definition) is 1. The molecule has 1 unspecified atom stereocenters. The molecule has 0 radical (unpaired) electrons. The number of hydrogen-bond acceptors (Lipinski definition) is 3. The number of benzene rings is 1. The molecule has 1 heterocycles. The Bertz CT molecular complexity index is 593. The van der Waals surface area contributed by atoms with Crippen LogP contribution in [0.5, 0.6) is 0 Å². The molecule has 0 amide bonds. The van der Waals surface area contributed by atoms with Crippen LogP contribution in [0.2, 0.25) is 0 Å². The SMILES string of the molecule is CCn1nccc1C(C)(O)c1cccc(C#N)c1. The van der Waals surface area contributed by atoms with E-state index in [0.717, 1.165) is 5.69 Å². The van der Waals surface area contributed by atoms with E-state index in [-0.39, 0.29) is 0 Å². The van der Waals surface area contributed by atoms with Crippen LogP contribution in [0.3, 0.4) is 0 Å². The summed E-state index contributed by atoms with van der Waals surface area (Å²) in [5, 5.41) is 23.8. The van der Waals surface area contributed by atoms with Crippen molar-refractivity contribution in [3.63, 3.8) is 0 Å². The van der Waals surface area contributed by atoms with Gasteiger partial charge in [-0.15, -0.1) is 0 Å². The van der Waals surface area contributed by atoms with Gasteiger partial charge in [0.1, 0.15) is 5.60 Å². The molecule has 1 aromatic carbocycles. The summed E-state index contributed by atoms with van der Waals surface area (Å²) in [6.07, 6.45) is 1.67. The molecule has 0 saturated carbocycles. The van der Waals surface area contributed by atoms with Crippen LogP contribution in [0.4, 0.5) is 0 Å². The Morgan fingerprint density at radius 3 is 2.89 bits per heavy atom. The van der Waals surface area contributed by atoms with E-state index in [0.29, 0.717) is 17.7 Å². The predicted molar refractivity (Wildman–Crippen MR) is 67.7 cm³/mol. The number of aromatic nitrogens is 2. The predicted octanol–water partition coefficient (Wildman–Crippen LogP) is 2.03. The van der Waals surface area contributed by atoms with Crippen LogP contribution < -0.4 is 0 Å². The van der Waals surface area contributed by atoms with Crippen molar-refractivity contribution in [1.82, 2.24) is 9.78 Å². The highest BCUT2D eigenvalue weighted by Crippen LogP contribution is 2.29. The first-order valence-corrected chi connectivity index (χ1v) is 5.85. The van der Waals surface area contributed by atoms with E-state index in [1.54, 1.807) is 42.1 Å². The minimum Gasteiger partial charge on any atom is -0.379 e. The lowest BCUT2D eigenvalue weighted by molar-refractivity contribution is 0.0917. The molecule has 0 spiro atoms. The summed E-state index contributed by atoms with van der Waals surface area (Å²) in [6, 6.07) is 10.9. The molecule has 18 heavy (non-hydrogen) atoms. The molecule has 0 aliphatic heterocycles. The van der Waals surface area contributed by atoms with Crippen molar-refractivity contribution in [2.24, 2.45) is 0 Å². The Morgan fingerprint density at radius 1 is 1.44 bits per heavy atom. The molecule has 1 aromatic heterocycles. The van der Waals surface area contributed by atoms with Gasteiger partial charge in [0, 0.05) is 12.7 Å². The van der Waals surface area contributed by atoms with E-state index in [9.17, 15) is 5.11 Å². The molecule has 1 N–H and O–H groups in total. The van der Waals surface area contributed by atoms with Crippen molar-refractivity contribution < 1.29 is 5.11 Å². The van der Waals surface area contributed by atoms with E-state index in [1.807, 2.05) is 13.0 Å². The summed E-state index contributed by atoms with van der Waals surface area (Å²) >= 11 is 0. The number of nitriles is 1. The van der Waals surface area contributed by atoms with Gasteiger partial charge in [-0.2, -0.15) is 10.4 Å². The highest BCUT2D eigenvalue weighted by atomic mass is 16.3. The normalized spacial score (nSPS) is 13.9. The van der Waals surface area contributed by atoms with Crippen LogP contribution in [-0.4, -0.2) is 14.9 Å². The van der Waals surface area contributed by atoms with Gasteiger partial charge in [0.25, 0.3) is 0 Å². The quantitative estimate of drug-likeness (QED) is 0.894. The third-order valence-corrected chi connectivity index (χ3v) is 3.07. The highest BCUT2D eigenvalue weighted by molar-refractivity contribution is 5.38. The number of nitrogens with zero attached hydrogens (tertiary/aromatic N) is 3. The maximum absolute atomic E-state index is 10.7. The molecule has 2 aromatic rings. The third kappa shape index (κ3) is 2.01. The summed E-state index contributed by atoms with van der Waals surface area (Å²) in [4.78, 5) is 0. The second kappa shape index (κ2) is 4.63. The molecule has 4 heteroatoms. The Labute approximate surface area is 106 Å². The molecule has 0 fully saturated rings. The van der Waals surface area contributed by atoms with Crippen molar-refractivity contribution in [2.45, 2.75) is 26.0 Å². The van der Waals surface area contributed by atoms with Crippen molar-refractivity contribution in [3.05, 3.63) is 53.3 Å². The first kappa shape index (κ1) is 12.3. The smallest absolute Gasteiger partial charge is 0.128 e. The Hall–Kier alpha value is -2.12. The van der Waals surface area contributed by atoms with Gasteiger partial charge in [-0.25, -0.2) is 0 Å². The van der Waals surface area contributed by atoms with E-state index in [1.165, 1.54) is 0 Å². The number of rotatable bonds is 3. The van der Waals surface area contributed by atoms with Gasteiger partial charge in [-0.05, 0) is 37.6 Å². The molecule has 2 rings (SSSR count). The van der Waals surface area contributed by atoms with Gasteiger partial charge in [0.05, 0.1) is 17.3 Å². The van der Waals surface area contributed by atoms with E-state index >= 15 is 0 Å². The van der Waals surface area contributed by atoms with Crippen LogP contribution in [0.25, 0.3) is 0 Å². The highest BCUT2D eigenvalue weighted by Gasteiger charge is 2.29. The van der Waals surface area contributed by atoms with Crippen LogP contribution in [-0.2, 0) is 12.1 Å². The second-order valence-electron chi connectivity index (χ2n) is 4.30. The zero-order chi connectivity index (χ0) is 13.2. The fraction of sp³-hybridized carbons (Fsp3) is 0.286. The lowest BCUT2D eigenvalue weighted by Crippen LogP contribution is -2.26. The number of aliphatic hydroxyl groups is 1. The van der Waals surface area contributed by atoms with Gasteiger partial charge in [0.15, 0.2) is 0 Å². The lowest BCUT2D eigenvalue weighted by Gasteiger charge is -2.24. The molecule has 0 bridgehead atoms. The molecule has 4 nitrogen and oxygen atoms in total. The topological polar surface area (TPSA) is 61.8 Å². The van der Waals surface area contributed by atoms with E-state index in [2.05, 4.69) is 11.2 Å². The Morgan fingerprint density at radius 2 is 2.22 bits per heavy atom. The summed E-state index contributed by atoms with van der Waals surface area (Å²) in [5.41, 5.74) is 0.798. The third-order valence-electron chi connectivity index (χ3n) is 3.07. The molecular formula is C14H15N3O. The monoisotopic (exact) mass is 241 g/mol. The zero-order valence-corrected chi connectivity index (χ0v) is 10.5. The molecule has 0 aliphatic rings. The van der Waals surface area contributed by atoms with Crippen molar-refractivity contribution in [1.29, 1.82) is 5.26 Å².